The number of nitrogens with one attached hydrogen (secondary N) is 1. The highest BCUT2D eigenvalue weighted by Crippen LogP contribution is 2.48. The number of anilines is 4. The number of benzene rings is 2. The highest BCUT2D eigenvalue weighted by molar-refractivity contribution is 8.02. The number of carbonyl (C=O) groups excluding carboxylic acids is 6. The maximum atomic E-state index is 13.3. The van der Waals surface area contributed by atoms with Gasteiger partial charge in [-0.1, -0.05) is 82.2 Å². The number of nitrogens with two attached hydrogens (primary N) is 1. The summed E-state index contributed by atoms with van der Waals surface area (Å²) in [5.41, 5.74) is 7.28. The number of amides is 6. The molecule has 292 valence electrons. The molecule has 0 saturated heterocycles. The van der Waals surface area contributed by atoms with Crippen LogP contribution in [0, 0.1) is 0 Å². The summed E-state index contributed by atoms with van der Waals surface area (Å²) >= 11 is 6.65. The van der Waals surface area contributed by atoms with Crippen LogP contribution >= 0.6 is 58.0 Å². The number of nitrogens with zero attached hydrogens (tertiary/aromatic N) is 9. The van der Waals surface area contributed by atoms with Crippen molar-refractivity contribution in [3.63, 3.8) is 0 Å². The van der Waals surface area contributed by atoms with Gasteiger partial charge in [0.05, 0.1) is 22.9 Å². The van der Waals surface area contributed by atoms with Gasteiger partial charge in [0.2, 0.25) is 47.7 Å². The molecule has 2 aromatic heterocycles. The average molecular weight is 838 g/mol. The zero-order valence-corrected chi connectivity index (χ0v) is 35.0. The molecule has 0 bridgehead atoms. The van der Waals surface area contributed by atoms with E-state index in [1.54, 1.807) is 73.0 Å². The largest absolute Gasteiger partial charge is 0.374 e. The Balaban J connectivity index is 0.000000601. The number of aromatic nitrogens is 4. The summed E-state index contributed by atoms with van der Waals surface area (Å²) < 4.78 is 1.22. The summed E-state index contributed by atoms with van der Waals surface area (Å²) in [5.74, 6) is 0.0471. The quantitative estimate of drug-likeness (QED) is 0.126. The lowest BCUT2D eigenvalue weighted by atomic mass is 10.2. The van der Waals surface area contributed by atoms with Crippen molar-refractivity contribution in [2.45, 2.75) is 18.5 Å². The highest BCUT2D eigenvalue weighted by atomic mass is 32.2. The smallest absolute Gasteiger partial charge is 0.242 e. The molecule has 2 aromatic carbocycles. The third kappa shape index (κ3) is 18.8. The molecule has 1 aliphatic rings. The van der Waals surface area contributed by atoms with Crippen molar-refractivity contribution < 1.29 is 28.8 Å². The minimum Gasteiger partial charge on any atom is -0.374 e. The van der Waals surface area contributed by atoms with Crippen molar-refractivity contribution in [2.24, 2.45) is 0 Å². The van der Waals surface area contributed by atoms with E-state index in [4.69, 9.17) is 5.73 Å². The van der Waals surface area contributed by atoms with E-state index in [1.807, 2.05) is 48.5 Å². The van der Waals surface area contributed by atoms with E-state index in [1.165, 1.54) is 65.8 Å². The lowest BCUT2D eigenvalue weighted by Crippen LogP contribution is -2.29. The normalized spacial score (nSPS) is 10.2. The molecule has 22 heteroatoms. The number of thioether (sulfide) groups is 2. The first-order valence-corrected chi connectivity index (χ1v) is 19.7. The molecule has 0 radical (unpaired) electrons. The number of hydrogen-bond acceptors (Lipinski definition) is 16. The Morgan fingerprint density at radius 3 is 1.50 bits per heavy atom. The molecule has 3 N–H and O–H groups in total. The molecule has 0 unspecified atom stereocenters. The maximum absolute atomic E-state index is 13.3. The average Bonchev–Trinajstić information content (AvgIpc) is 3.80. The summed E-state index contributed by atoms with van der Waals surface area (Å²) in [7, 11) is 13.5. The van der Waals surface area contributed by atoms with Crippen LogP contribution in [0.2, 0.25) is 0 Å². The molecule has 0 aliphatic carbocycles. The fourth-order valence-electron chi connectivity index (χ4n) is 3.04. The van der Waals surface area contributed by atoms with Crippen molar-refractivity contribution in [1.82, 2.24) is 40.0 Å². The van der Waals surface area contributed by atoms with Gasteiger partial charge in [-0.2, -0.15) is 0 Å². The first kappa shape index (κ1) is 47.3. The number of carbonyl (C=O) groups is 6. The van der Waals surface area contributed by atoms with Crippen molar-refractivity contribution in [3.05, 3.63) is 48.5 Å². The number of rotatable bonds is 11. The fourth-order valence-corrected chi connectivity index (χ4v) is 7.15. The number of para-hydroxylation sites is 2. The molecule has 4 aromatic rings. The second kappa shape index (κ2) is 26.1. The van der Waals surface area contributed by atoms with E-state index in [-0.39, 0.29) is 23.3 Å². The van der Waals surface area contributed by atoms with Gasteiger partial charge in [-0.3, -0.25) is 39.0 Å². The van der Waals surface area contributed by atoms with Crippen LogP contribution in [-0.2, 0) is 28.8 Å². The molecular formula is C32H43N11O6S5. The molecular weight excluding hydrogens is 795 g/mol. The third-order valence-corrected chi connectivity index (χ3v) is 10.2. The molecule has 0 saturated carbocycles. The maximum Gasteiger partial charge on any atom is 0.242 e. The molecule has 0 spiro atoms. The zero-order chi connectivity index (χ0) is 40.6. The van der Waals surface area contributed by atoms with Crippen LogP contribution in [0.4, 0.5) is 21.6 Å². The Morgan fingerprint density at radius 2 is 1.07 bits per heavy atom. The minimum atomic E-state index is -0.235. The second-order valence-corrected chi connectivity index (χ2v) is 16.5. The van der Waals surface area contributed by atoms with Gasteiger partial charge in [-0.25, -0.2) is 0 Å². The number of fused-ring (bicyclic) bond motifs is 2. The van der Waals surface area contributed by atoms with Crippen LogP contribution in [0.5, 0.6) is 0 Å². The Labute approximate surface area is 335 Å². The van der Waals surface area contributed by atoms with E-state index in [0.717, 1.165) is 46.8 Å². The Morgan fingerprint density at radius 1 is 0.667 bits per heavy atom. The van der Waals surface area contributed by atoms with Crippen LogP contribution in [0.3, 0.4) is 0 Å². The standard InChI is InChI=1S/C20H15N7O2S5.4C3H7NO/c21-17-23-25-19(33-17)30-9-15(28)22-18-24-26-20(34-18)31-10-16(29)27-11-5-1-3-7-13(11)32-14-8-4-2-6-12(14)27;4*1-4(2)3-5/h1-8H,9-10H2,(H2,21,23)(H,22,24,28);4*3H,1-2H3. The molecule has 1 aliphatic heterocycles. The topological polar surface area (TPSA) is 208 Å². The monoisotopic (exact) mass is 837 g/mol. The van der Waals surface area contributed by atoms with E-state index >= 15 is 0 Å². The predicted octanol–water partition coefficient (Wildman–Crippen LogP) is 3.44. The minimum absolute atomic E-state index is 0.0567. The SMILES string of the molecule is CN(C)C=O.CN(C)C=O.CN(C)C=O.CN(C)C=O.Nc1nnc(SCC(=O)Nc2nnc(SCC(=O)N3c4ccccc4Sc4ccccc43)s2)s1. The molecule has 6 amide bonds. The first-order chi connectivity index (χ1) is 25.6. The molecule has 5 rings (SSSR count). The van der Waals surface area contributed by atoms with Gasteiger partial charge in [0.1, 0.15) is 0 Å². The summed E-state index contributed by atoms with van der Waals surface area (Å²) in [6.07, 6.45) is 3.00. The van der Waals surface area contributed by atoms with Gasteiger partial charge in [0.15, 0.2) is 8.68 Å². The van der Waals surface area contributed by atoms with Gasteiger partial charge < -0.3 is 25.3 Å². The number of hydrogen-bond donors (Lipinski definition) is 2. The summed E-state index contributed by atoms with van der Waals surface area (Å²) in [5, 5.41) is 19.1. The van der Waals surface area contributed by atoms with Gasteiger partial charge in [-0.15, -0.1) is 20.4 Å². The zero-order valence-electron chi connectivity index (χ0n) is 30.9. The van der Waals surface area contributed by atoms with Gasteiger partial charge in [-0.05, 0) is 24.3 Å². The second-order valence-electron chi connectivity index (χ2n) is 10.9. The molecule has 17 nitrogen and oxygen atoms in total. The Bertz CT molecular complexity index is 1680. The van der Waals surface area contributed by atoms with E-state index < -0.39 is 0 Å². The van der Waals surface area contributed by atoms with E-state index in [2.05, 4.69) is 25.7 Å². The number of nitrogen functional groups attached to an aromatic ring is 1. The van der Waals surface area contributed by atoms with Gasteiger partial charge in [0.25, 0.3) is 0 Å². The van der Waals surface area contributed by atoms with Crippen LogP contribution in [-0.4, -0.2) is 145 Å². The Kier molecular flexibility index (Phi) is 22.8. The molecule has 0 atom stereocenters. The Hall–Kier alpha value is -4.77. The molecule has 3 heterocycles. The summed E-state index contributed by atoms with van der Waals surface area (Å²) in [4.78, 5) is 72.8. The third-order valence-electron chi connectivity index (χ3n) is 5.25. The van der Waals surface area contributed by atoms with Crippen LogP contribution in [0.1, 0.15) is 0 Å². The van der Waals surface area contributed by atoms with Crippen LogP contribution in [0.25, 0.3) is 0 Å². The van der Waals surface area contributed by atoms with Crippen LogP contribution in [0.15, 0.2) is 67.0 Å². The summed E-state index contributed by atoms with van der Waals surface area (Å²) in [6, 6.07) is 15.7. The van der Waals surface area contributed by atoms with Crippen molar-refractivity contribution >= 4 is 117 Å². The van der Waals surface area contributed by atoms with Crippen molar-refractivity contribution in [1.29, 1.82) is 0 Å². The van der Waals surface area contributed by atoms with E-state index in [0.29, 0.717) is 18.9 Å². The lowest BCUT2D eigenvalue weighted by Gasteiger charge is -2.30. The van der Waals surface area contributed by atoms with Crippen molar-refractivity contribution in [3.8, 4) is 0 Å². The van der Waals surface area contributed by atoms with E-state index in [9.17, 15) is 28.8 Å². The summed E-state index contributed by atoms with van der Waals surface area (Å²) in [6.45, 7) is 0. The lowest BCUT2D eigenvalue weighted by molar-refractivity contribution is -0.116. The molecule has 0 fully saturated rings. The van der Waals surface area contributed by atoms with Crippen LogP contribution < -0.4 is 16.0 Å². The fraction of sp³-hybridized carbons (Fsp3) is 0.312. The highest BCUT2D eigenvalue weighted by Gasteiger charge is 2.28. The van der Waals surface area contributed by atoms with Gasteiger partial charge >= 0.3 is 0 Å². The first-order valence-electron chi connectivity index (χ1n) is 15.3. The predicted molar refractivity (Wildman–Crippen MR) is 217 cm³/mol. The molecule has 54 heavy (non-hydrogen) atoms. The van der Waals surface area contributed by atoms with Gasteiger partial charge in [0, 0.05) is 66.2 Å². The van der Waals surface area contributed by atoms with Crippen molar-refractivity contribution in [2.75, 3.05) is 83.8 Å².